The molecule has 0 aliphatic rings. The Kier molecular flexibility index (Phi) is 5.11. The number of benzene rings is 2. The minimum absolute atomic E-state index is 0.129. The highest BCUT2D eigenvalue weighted by Crippen LogP contribution is 2.27. The molecule has 0 radical (unpaired) electrons. The highest BCUT2D eigenvalue weighted by molar-refractivity contribution is 7.98. The number of hydrogen-bond donors (Lipinski definition) is 1. The van der Waals surface area contributed by atoms with Gasteiger partial charge in [-0.15, -0.1) is 11.8 Å². The van der Waals surface area contributed by atoms with Gasteiger partial charge in [-0.05, 0) is 35.2 Å². The number of thioether (sulfide) groups is 1. The van der Waals surface area contributed by atoms with E-state index in [2.05, 4.69) is 54.4 Å². The van der Waals surface area contributed by atoms with Gasteiger partial charge in [-0.3, -0.25) is 0 Å². The summed E-state index contributed by atoms with van der Waals surface area (Å²) in [7, 11) is 0. The molecule has 3 heteroatoms. The summed E-state index contributed by atoms with van der Waals surface area (Å²) >= 11 is 1.76. The normalized spacial score (nSPS) is 12.1. The van der Waals surface area contributed by atoms with Crippen LogP contribution in [0.15, 0.2) is 78.0 Å². The van der Waals surface area contributed by atoms with E-state index in [-0.39, 0.29) is 6.04 Å². The molecule has 0 saturated heterocycles. The fourth-order valence-corrected chi connectivity index (χ4v) is 3.39. The smallest absolute Gasteiger partial charge is 0.0992 e. The van der Waals surface area contributed by atoms with Gasteiger partial charge in [0, 0.05) is 11.9 Å². The molecule has 23 heavy (non-hydrogen) atoms. The lowest BCUT2D eigenvalue weighted by Crippen LogP contribution is -2.12. The van der Waals surface area contributed by atoms with Crippen molar-refractivity contribution in [1.29, 1.82) is 0 Å². The third-order valence-electron chi connectivity index (χ3n) is 3.79. The van der Waals surface area contributed by atoms with Crippen molar-refractivity contribution in [3.05, 3.63) is 95.2 Å². The molecule has 1 unspecified atom stereocenters. The van der Waals surface area contributed by atoms with Crippen LogP contribution in [0.3, 0.4) is 0 Å². The molecule has 1 atom stereocenters. The van der Waals surface area contributed by atoms with Crippen LogP contribution in [0, 0.1) is 6.92 Å². The van der Waals surface area contributed by atoms with Gasteiger partial charge >= 0.3 is 0 Å². The van der Waals surface area contributed by atoms with Gasteiger partial charge in [0.2, 0.25) is 0 Å². The summed E-state index contributed by atoms with van der Waals surface area (Å²) in [5, 5.41) is 1.07. The topological polar surface area (TPSA) is 38.9 Å². The van der Waals surface area contributed by atoms with Crippen LogP contribution >= 0.6 is 11.8 Å². The number of nitrogens with zero attached hydrogens (tertiary/aromatic N) is 1. The van der Waals surface area contributed by atoms with Gasteiger partial charge in [-0.2, -0.15) is 0 Å². The zero-order valence-corrected chi connectivity index (χ0v) is 14.0. The number of nitrogens with two attached hydrogens (primary N) is 1. The quantitative estimate of drug-likeness (QED) is 0.691. The van der Waals surface area contributed by atoms with Gasteiger partial charge in [0.25, 0.3) is 0 Å². The average Bonchev–Trinajstić information content (AvgIpc) is 2.61. The van der Waals surface area contributed by atoms with Gasteiger partial charge in [-0.25, -0.2) is 4.98 Å². The zero-order valence-electron chi connectivity index (χ0n) is 13.1. The maximum absolute atomic E-state index is 6.35. The second kappa shape index (κ2) is 7.44. The van der Waals surface area contributed by atoms with Gasteiger partial charge in [0.15, 0.2) is 0 Å². The Morgan fingerprint density at radius 1 is 0.957 bits per heavy atom. The van der Waals surface area contributed by atoms with Crippen molar-refractivity contribution in [2.75, 3.05) is 0 Å². The van der Waals surface area contributed by atoms with Crippen molar-refractivity contribution in [3.8, 4) is 0 Å². The van der Waals surface area contributed by atoms with Crippen molar-refractivity contribution >= 4 is 11.8 Å². The SMILES string of the molecule is Cc1cc(C(N)c2ccccc2)cnc1SCc1ccccc1. The van der Waals surface area contributed by atoms with E-state index in [4.69, 9.17) is 5.73 Å². The monoisotopic (exact) mass is 320 g/mol. The lowest BCUT2D eigenvalue weighted by molar-refractivity contribution is 0.850. The Balaban J connectivity index is 1.73. The molecule has 2 nitrogen and oxygen atoms in total. The van der Waals surface area contributed by atoms with E-state index < -0.39 is 0 Å². The lowest BCUT2D eigenvalue weighted by Gasteiger charge is -2.14. The highest BCUT2D eigenvalue weighted by atomic mass is 32.2. The van der Waals surface area contributed by atoms with E-state index in [0.717, 1.165) is 21.9 Å². The van der Waals surface area contributed by atoms with E-state index in [1.54, 1.807) is 11.8 Å². The van der Waals surface area contributed by atoms with Crippen LogP contribution in [-0.4, -0.2) is 4.98 Å². The number of rotatable bonds is 5. The van der Waals surface area contributed by atoms with E-state index >= 15 is 0 Å². The predicted octanol–water partition coefficient (Wildman–Crippen LogP) is 4.73. The van der Waals surface area contributed by atoms with Crippen LogP contribution in [-0.2, 0) is 5.75 Å². The first-order valence-corrected chi connectivity index (χ1v) is 8.66. The molecule has 0 amide bonds. The summed E-state index contributed by atoms with van der Waals surface area (Å²) in [5.41, 5.74) is 11.0. The second-order valence-electron chi connectivity index (χ2n) is 5.55. The van der Waals surface area contributed by atoms with Crippen molar-refractivity contribution in [2.45, 2.75) is 23.7 Å². The van der Waals surface area contributed by atoms with Crippen molar-refractivity contribution in [1.82, 2.24) is 4.98 Å². The summed E-state index contributed by atoms with van der Waals surface area (Å²) in [6, 6.07) is 22.6. The third kappa shape index (κ3) is 4.01. The van der Waals surface area contributed by atoms with Crippen LogP contribution in [0.1, 0.15) is 28.3 Å². The molecule has 0 aliphatic heterocycles. The Labute approximate surface area is 141 Å². The van der Waals surface area contributed by atoms with E-state index in [1.165, 1.54) is 11.1 Å². The maximum Gasteiger partial charge on any atom is 0.0992 e. The molecule has 0 saturated carbocycles. The fourth-order valence-electron chi connectivity index (χ4n) is 2.48. The summed E-state index contributed by atoms with van der Waals surface area (Å²) < 4.78 is 0. The van der Waals surface area contributed by atoms with Gasteiger partial charge in [0.1, 0.15) is 0 Å². The molecule has 0 bridgehead atoms. The van der Waals surface area contributed by atoms with E-state index in [0.29, 0.717) is 0 Å². The Morgan fingerprint density at radius 2 is 1.61 bits per heavy atom. The van der Waals surface area contributed by atoms with Crippen molar-refractivity contribution in [3.63, 3.8) is 0 Å². The highest BCUT2D eigenvalue weighted by Gasteiger charge is 2.11. The zero-order chi connectivity index (χ0) is 16.1. The van der Waals surface area contributed by atoms with Crippen LogP contribution in [0.4, 0.5) is 0 Å². The number of hydrogen-bond acceptors (Lipinski definition) is 3. The molecule has 116 valence electrons. The summed E-state index contributed by atoms with van der Waals surface area (Å²) in [5.74, 6) is 0.929. The van der Waals surface area contributed by atoms with Crippen LogP contribution in [0.5, 0.6) is 0 Å². The predicted molar refractivity (Wildman–Crippen MR) is 97.4 cm³/mol. The molecule has 3 aromatic rings. The molecule has 0 aliphatic carbocycles. The molecule has 1 aromatic heterocycles. The largest absolute Gasteiger partial charge is 0.320 e. The molecule has 2 aromatic carbocycles. The van der Waals surface area contributed by atoms with E-state index in [1.807, 2.05) is 30.5 Å². The first-order valence-electron chi connectivity index (χ1n) is 7.68. The first-order chi connectivity index (χ1) is 11.2. The molecule has 0 spiro atoms. The molecule has 2 N–H and O–H groups in total. The molecular weight excluding hydrogens is 300 g/mol. The van der Waals surface area contributed by atoms with E-state index in [9.17, 15) is 0 Å². The second-order valence-corrected chi connectivity index (χ2v) is 6.52. The number of aromatic nitrogens is 1. The molecule has 1 heterocycles. The van der Waals surface area contributed by atoms with Crippen LogP contribution < -0.4 is 5.73 Å². The average molecular weight is 320 g/mol. The summed E-state index contributed by atoms with van der Waals surface area (Å²) in [6.45, 7) is 2.10. The maximum atomic E-state index is 6.35. The minimum atomic E-state index is -0.129. The third-order valence-corrected chi connectivity index (χ3v) is 4.97. The van der Waals surface area contributed by atoms with Gasteiger partial charge in [0.05, 0.1) is 11.1 Å². The fraction of sp³-hybridized carbons (Fsp3) is 0.150. The van der Waals surface area contributed by atoms with Gasteiger partial charge in [-0.1, -0.05) is 60.7 Å². The molecule has 3 rings (SSSR count). The minimum Gasteiger partial charge on any atom is -0.320 e. The Bertz CT molecular complexity index is 757. The van der Waals surface area contributed by atoms with Crippen molar-refractivity contribution < 1.29 is 0 Å². The number of aryl methyl sites for hydroxylation is 1. The Hall–Kier alpha value is -2.10. The van der Waals surface area contributed by atoms with Crippen LogP contribution in [0.2, 0.25) is 0 Å². The molecule has 0 fully saturated rings. The van der Waals surface area contributed by atoms with Crippen LogP contribution in [0.25, 0.3) is 0 Å². The Morgan fingerprint density at radius 3 is 2.26 bits per heavy atom. The van der Waals surface area contributed by atoms with Crippen molar-refractivity contribution in [2.24, 2.45) is 5.73 Å². The first kappa shape index (κ1) is 15.8. The van der Waals surface area contributed by atoms with Gasteiger partial charge < -0.3 is 5.73 Å². The summed E-state index contributed by atoms with van der Waals surface area (Å²) in [4.78, 5) is 4.62. The standard InChI is InChI=1S/C20H20N2S/c1-15-12-18(19(21)17-10-6-3-7-11-17)13-22-20(15)23-14-16-8-4-2-5-9-16/h2-13,19H,14,21H2,1H3. The number of pyridine rings is 1. The lowest BCUT2D eigenvalue weighted by atomic mass is 10.0. The summed E-state index contributed by atoms with van der Waals surface area (Å²) in [6.07, 6.45) is 1.90. The molecular formula is C20H20N2S.